The van der Waals surface area contributed by atoms with Crippen molar-refractivity contribution in [2.24, 2.45) is 4.99 Å². The van der Waals surface area contributed by atoms with Crippen LogP contribution in [0.25, 0.3) is 0 Å². The van der Waals surface area contributed by atoms with Crippen molar-refractivity contribution in [2.45, 2.75) is 32.4 Å². The van der Waals surface area contributed by atoms with E-state index in [-0.39, 0.29) is 24.0 Å². The second-order valence-electron chi connectivity index (χ2n) is 5.67. The van der Waals surface area contributed by atoms with Crippen molar-refractivity contribution in [3.05, 3.63) is 48.0 Å². The summed E-state index contributed by atoms with van der Waals surface area (Å²) in [6.45, 7) is 9.80. The van der Waals surface area contributed by atoms with Crippen LogP contribution in [-0.4, -0.2) is 43.6 Å². The summed E-state index contributed by atoms with van der Waals surface area (Å²) < 4.78 is 0. The third-order valence-electron chi connectivity index (χ3n) is 4.29. The van der Waals surface area contributed by atoms with Gasteiger partial charge in [-0.15, -0.1) is 30.6 Å². The molecule has 0 fully saturated rings. The number of rotatable bonds is 6. The highest BCUT2D eigenvalue weighted by molar-refractivity contribution is 14.0. The highest BCUT2D eigenvalue weighted by Crippen LogP contribution is 2.21. The first-order valence-electron chi connectivity index (χ1n) is 8.14. The van der Waals surface area contributed by atoms with Crippen LogP contribution >= 0.6 is 24.0 Å². The van der Waals surface area contributed by atoms with E-state index < -0.39 is 0 Å². The molecule has 1 unspecified atom stereocenters. The number of hydrogen-bond acceptors (Lipinski definition) is 2. The summed E-state index contributed by atoms with van der Waals surface area (Å²) in [5.41, 5.74) is 2.98. The third-order valence-corrected chi connectivity index (χ3v) is 4.29. The van der Waals surface area contributed by atoms with Crippen LogP contribution in [-0.2, 0) is 13.0 Å². The highest BCUT2D eigenvalue weighted by atomic mass is 127. The summed E-state index contributed by atoms with van der Waals surface area (Å²) >= 11 is 0. The van der Waals surface area contributed by atoms with Crippen molar-refractivity contribution in [1.29, 1.82) is 0 Å². The maximum absolute atomic E-state index is 4.24. The minimum absolute atomic E-state index is 0. The van der Waals surface area contributed by atoms with Gasteiger partial charge in [-0.3, -0.25) is 9.89 Å². The Morgan fingerprint density at radius 2 is 2.09 bits per heavy atom. The lowest BCUT2D eigenvalue weighted by atomic mass is 9.98. The number of aliphatic imine (C=N–C) groups is 1. The van der Waals surface area contributed by atoms with Crippen molar-refractivity contribution < 1.29 is 0 Å². The molecule has 1 heterocycles. The Morgan fingerprint density at radius 1 is 1.35 bits per heavy atom. The Morgan fingerprint density at radius 3 is 2.74 bits per heavy atom. The number of guanidine groups is 1. The van der Waals surface area contributed by atoms with Crippen molar-refractivity contribution in [2.75, 3.05) is 26.7 Å². The standard InChI is InChI=1S/C18H28N4.HI/c1-4-11-20-18(19-3)21-13-17(5-2)22-12-10-15-8-6-7-9-16(15)14-22;/h4,6-9,17H,1,5,10-14H2,2-3H3,(H2,19,20,21);1H. The fourth-order valence-corrected chi connectivity index (χ4v) is 2.96. The van der Waals surface area contributed by atoms with Crippen LogP contribution in [0, 0.1) is 0 Å². The predicted octanol–water partition coefficient (Wildman–Crippen LogP) is 2.79. The van der Waals surface area contributed by atoms with Gasteiger partial charge in [-0.1, -0.05) is 37.3 Å². The topological polar surface area (TPSA) is 39.7 Å². The highest BCUT2D eigenvalue weighted by Gasteiger charge is 2.22. The van der Waals surface area contributed by atoms with Gasteiger partial charge in [-0.05, 0) is 24.0 Å². The van der Waals surface area contributed by atoms with E-state index in [4.69, 9.17) is 0 Å². The maximum Gasteiger partial charge on any atom is 0.191 e. The molecule has 2 rings (SSSR count). The lowest BCUT2D eigenvalue weighted by molar-refractivity contribution is 0.174. The van der Waals surface area contributed by atoms with Gasteiger partial charge in [0.25, 0.3) is 0 Å². The van der Waals surface area contributed by atoms with E-state index in [0.29, 0.717) is 6.04 Å². The Labute approximate surface area is 157 Å². The lowest BCUT2D eigenvalue weighted by Crippen LogP contribution is -2.48. The van der Waals surface area contributed by atoms with Gasteiger partial charge in [0, 0.05) is 39.3 Å². The lowest BCUT2D eigenvalue weighted by Gasteiger charge is -2.35. The molecular formula is C18H29IN4. The Kier molecular flexibility index (Phi) is 9.24. The van der Waals surface area contributed by atoms with E-state index in [2.05, 4.69) is 58.3 Å². The zero-order valence-corrected chi connectivity index (χ0v) is 16.5. The van der Waals surface area contributed by atoms with E-state index in [1.807, 2.05) is 6.08 Å². The summed E-state index contributed by atoms with van der Waals surface area (Å²) in [7, 11) is 1.80. The predicted molar refractivity (Wildman–Crippen MR) is 110 cm³/mol. The number of benzene rings is 1. The molecule has 2 N–H and O–H groups in total. The Bertz CT molecular complexity index is 515. The number of halogens is 1. The summed E-state index contributed by atoms with van der Waals surface area (Å²) in [4.78, 5) is 6.82. The molecule has 0 saturated heterocycles. The summed E-state index contributed by atoms with van der Waals surface area (Å²) in [5, 5.41) is 6.65. The fourth-order valence-electron chi connectivity index (χ4n) is 2.96. The molecule has 5 heteroatoms. The Hall–Kier alpha value is -1.08. The average molecular weight is 428 g/mol. The molecule has 0 saturated carbocycles. The van der Waals surface area contributed by atoms with Crippen LogP contribution < -0.4 is 10.6 Å². The van der Waals surface area contributed by atoms with Crippen molar-refractivity contribution in [1.82, 2.24) is 15.5 Å². The quantitative estimate of drug-likeness (QED) is 0.317. The minimum atomic E-state index is 0. The first-order chi connectivity index (χ1) is 10.8. The number of hydrogen-bond donors (Lipinski definition) is 2. The van der Waals surface area contributed by atoms with Gasteiger partial charge in [-0.25, -0.2) is 0 Å². The molecular weight excluding hydrogens is 399 g/mol. The molecule has 128 valence electrons. The van der Waals surface area contributed by atoms with Crippen molar-refractivity contribution in [3.63, 3.8) is 0 Å². The largest absolute Gasteiger partial charge is 0.355 e. The summed E-state index contributed by atoms with van der Waals surface area (Å²) in [5.74, 6) is 0.843. The summed E-state index contributed by atoms with van der Waals surface area (Å²) in [6.07, 6.45) is 4.12. The van der Waals surface area contributed by atoms with Gasteiger partial charge in [0.1, 0.15) is 0 Å². The molecule has 0 radical (unpaired) electrons. The molecule has 1 aromatic rings. The van der Waals surface area contributed by atoms with E-state index in [9.17, 15) is 0 Å². The molecule has 23 heavy (non-hydrogen) atoms. The van der Waals surface area contributed by atoms with Crippen molar-refractivity contribution in [3.8, 4) is 0 Å². The number of nitrogens with zero attached hydrogens (tertiary/aromatic N) is 2. The number of nitrogens with one attached hydrogen (secondary N) is 2. The van der Waals surface area contributed by atoms with Gasteiger partial charge in [-0.2, -0.15) is 0 Å². The van der Waals surface area contributed by atoms with Crippen LogP contribution in [0.1, 0.15) is 24.5 Å². The van der Waals surface area contributed by atoms with Crippen LogP contribution in [0.15, 0.2) is 41.9 Å². The molecule has 0 aliphatic carbocycles. The van der Waals surface area contributed by atoms with Gasteiger partial charge in [0.2, 0.25) is 0 Å². The monoisotopic (exact) mass is 428 g/mol. The van der Waals surface area contributed by atoms with Gasteiger partial charge in [0.05, 0.1) is 0 Å². The normalized spacial score (nSPS) is 16.0. The van der Waals surface area contributed by atoms with E-state index in [0.717, 1.165) is 45.0 Å². The fraction of sp³-hybridized carbons (Fsp3) is 0.500. The molecule has 1 aliphatic heterocycles. The number of fused-ring (bicyclic) bond motifs is 1. The van der Waals surface area contributed by atoms with E-state index >= 15 is 0 Å². The molecule has 1 aliphatic rings. The van der Waals surface area contributed by atoms with Crippen LogP contribution in [0.2, 0.25) is 0 Å². The third kappa shape index (κ3) is 5.80. The van der Waals surface area contributed by atoms with E-state index in [1.165, 1.54) is 11.1 Å². The van der Waals surface area contributed by atoms with Crippen molar-refractivity contribution >= 4 is 29.9 Å². The second kappa shape index (κ2) is 10.6. The van der Waals surface area contributed by atoms with Crippen LogP contribution in [0.5, 0.6) is 0 Å². The molecule has 0 aromatic heterocycles. The summed E-state index contributed by atoms with van der Waals surface area (Å²) in [6, 6.07) is 9.32. The van der Waals surface area contributed by atoms with Gasteiger partial charge < -0.3 is 10.6 Å². The maximum atomic E-state index is 4.24. The zero-order valence-electron chi connectivity index (χ0n) is 14.2. The Balaban J connectivity index is 0.00000264. The molecule has 0 amide bonds. The molecule has 0 bridgehead atoms. The van der Waals surface area contributed by atoms with Gasteiger partial charge >= 0.3 is 0 Å². The molecule has 4 nitrogen and oxygen atoms in total. The SMILES string of the molecule is C=CCNC(=NC)NCC(CC)N1CCc2ccccc2C1.I. The van der Waals surface area contributed by atoms with E-state index in [1.54, 1.807) is 7.05 Å². The molecule has 1 aromatic carbocycles. The zero-order chi connectivity index (χ0) is 15.8. The average Bonchev–Trinajstić information content (AvgIpc) is 2.58. The molecule has 1 atom stereocenters. The molecule has 0 spiro atoms. The van der Waals surface area contributed by atoms with Gasteiger partial charge in [0.15, 0.2) is 5.96 Å². The second-order valence-corrected chi connectivity index (χ2v) is 5.67. The van der Waals surface area contributed by atoms with Crippen LogP contribution in [0.3, 0.4) is 0 Å². The minimum Gasteiger partial charge on any atom is -0.355 e. The first kappa shape index (κ1) is 20.0. The van der Waals surface area contributed by atoms with Crippen LogP contribution in [0.4, 0.5) is 0 Å². The first-order valence-corrected chi connectivity index (χ1v) is 8.14. The smallest absolute Gasteiger partial charge is 0.191 e.